The van der Waals surface area contributed by atoms with E-state index in [1.165, 1.54) is 0 Å². The smallest absolute Gasteiger partial charge is 0.275 e. The number of hydrogen-bond donors (Lipinski definition) is 2. The van der Waals surface area contributed by atoms with E-state index in [0.717, 1.165) is 15.9 Å². The number of anilines is 1. The summed E-state index contributed by atoms with van der Waals surface area (Å²) in [5, 5.41) is 9.61. The van der Waals surface area contributed by atoms with E-state index < -0.39 is 23.4 Å². The van der Waals surface area contributed by atoms with E-state index in [1.54, 1.807) is 48.5 Å². The van der Waals surface area contributed by atoms with Gasteiger partial charge < -0.3 is 10.6 Å². The summed E-state index contributed by atoms with van der Waals surface area (Å²) in [5.41, 5.74) is 1.18. The van der Waals surface area contributed by atoms with Crippen LogP contribution in [0.2, 0.25) is 5.02 Å². The fourth-order valence-electron chi connectivity index (χ4n) is 4.52. The van der Waals surface area contributed by atoms with Crippen molar-refractivity contribution in [2.75, 3.05) is 5.32 Å². The molecule has 5 aromatic rings. The molecule has 0 aliphatic rings. The van der Waals surface area contributed by atoms with Crippen LogP contribution in [0.1, 0.15) is 10.4 Å². The maximum atomic E-state index is 13.9. The van der Waals surface area contributed by atoms with Gasteiger partial charge in [-0.2, -0.15) is 0 Å². The molecular formula is C34H27Cl2N2O6P. The van der Waals surface area contributed by atoms with Gasteiger partial charge in [-0.25, -0.2) is 18.6 Å². The molecule has 0 fully saturated rings. The van der Waals surface area contributed by atoms with Crippen LogP contribution in [0.3, 0.4) is 0 Å². The molecule has 0 bridgehead atoms. The van der Waals surface area contributed by atoms with Crippen molar-refractivity contribution in [1.29, 1.82) is 0 Å². The van der Waals surface area contributed by atoms with Gasteiger partial charge in [-0.1, -0.05) is 84.4 Å². The van der Waals surface area contributed by atoms with Gasteiger partial charge in [0.2, 0.25) is 0 Å². The lowest BCUT2D eigenvalue weighted by Gasteiger charge is -2.25. The van der Waals surface area contributed by atoms with Gasteiger partial charge in [0.15, 0.2) is 0 Å². The highest BCUT2D eigenvalue weighted by Gasteiger charge is 2.45. The average Bonchev–Trinajstić information content (AvgIpc) is 3.05. The van der Waals surface area contributed by atoms with Crippen LogP contribution in [0.4, 0.5) is 5.69 Å². The first kappa shape index (κ1) is 33.5. The van der Waals surface area contributed by atoms with Gasteiger partial charge >= 0.3 is 0 Å². The molecule has 0 aliphatic heterocycles. The highest BCUT2D eigenvalue weighted by atomic mass is 35.7. The van der Waals surface area contributed by atoms with E-state index in [1.807, 2.05) is 66.5 Å². The molecule has 45 heavy (non-hydrogen) atoms. The lowest BCUT2D eigenvalue weighted by Crippen LogP contribution is -2.68. The summed E-state index contributed by atoms with van der Waals surface area (Å²) >= 11 is 6.06. The summed E-state index contributed by atoms with van der Waals surface area (Å²) in [5.74, 6) is 1.16. The van der Waals surface area contributed by atoms with Crippen molar-refractivity contribution in [3.63, 3.8) is 0 Å². The molecule has 0 saturated carbocycles. The number of amides is 2. The van der Waals surface area contributed by atoms with Crippen molar-refractivity contribution in [2.24, 2.45) is 0 Å². The Bertz CT molecular complexity index is 1620. The molecule has 228 valence electrons. The third kappa shape index (κ3) is 9.56. The van der Waals surface area contributed by atoms with Gasteiger partial charge in [0, 0.05) is 16.3 Å². The average molecular weight is 661 g/mol. The number of halogens is 2. The number of benzene rings is 5. The zero-order chi connectivity index (χ0) is 32.3. The summed E-state index contributed by atoms with van der Waals surface area (Å²) in [6.07, 6.45) is 0. The van der Waals surface area contributed by atoms with Gasteiger partial charge in [-0.15, -0.1) is 10.2 Å². The molecule has 0 spiro atoms. The summed E-state index contributed by atoms with van der Waals surface area (Å²) < 4.78 is 34.0. The van der Waals surface area contributed by atoms with Crippen molar-refractivity contribution < 1.29 is 38.5 Å². The van der Waals surface area contributed by atoms with Crippen LogP contribution in [0.25, 0.3) is 0 Å². The largest absolute Gasteiger partial charge is 0.321 e. The zero-order valence-corrected chi connectivity index (χ0v) is 26.0. The quantitative estimate of drug-likeness (QED) is 0.191. The molecule has 8 nitrogen and oxygen atoms in total. The van der Waals surface area contributed by atoms with Gasteiger partial charge in [-0.05, 0) is 72.8 Å². The maximum absolute atomic E-state index is 13.9. The van der Waals surface area contributed by atoms with E-state index in [4.69, 9.17) is 30.2 Å². The molecule has 2 N–H and O–H groups in total. The Balaban J connectivity index is 0.000000854. The molecule has 0 aromatic heterocycles. The molecule has 0 atom stereocenters. The Labute approximate surface area is 268 Å². The van der Waals surface area contributed by atoms with Crippen molar-refractivity contribution in [2.45, 2.75) is 0 Å². The van der Waals surface area contributed by atoms with Gasteiger partial charge in [0.05, 0.1) is 0 Å². The molecular weight excluding hydrogens is 634 g/mol. The minimum absolute atomic E-state index is 0.161. The highest BCUT2D eigenvalue weighted by Crippen LogP contribution is 2.57. The Hall–Kier alpha value is -4.37. The van der Waals surface area contributed by atoms with Crippen LogP contribution >= 0.6 is 18.9 Å². The molecule has 5 rings (SSSR count). The molecule has 11 heteroatoms. The Morgan fingerprint density at radius 1 is 0.600 bits per heavy atom. The predicted molar refractivity (Wildman–Crippen MR) is 167 cm³/mol. The number of rotatable bonds is 8. The molecule has 0 aliphatic carbocycles. The molecule has 0 radical (unpaired) electrons. The van der Waals surface area contributed by atoms with E-state index in [-0.39, 0.29) is 11.6 Å². The molecule has 0 heterocycles. The van der Waals surface area contributed by atoms with Crippen LogP contribution in [0.5, 0.6) is 0 Å². The van der Waals surface area contributed by atoms with Gasteiger partial charge in [0.25, 0.3) is 11.8 Å². The van der Waals surface area contributed by atoms with Gasteiger partial charge in [0.1, 0.15) is 34.7 Å². The standard InChI is InChI=1S/C34H26ClN2O2P.ClHO4/c35-27-21-23-28(24-22-27)36-34(39)32(37-33(38)26-13-5-1-6-14-26)25-40(29-15-7-2-8-16-29,30-17-9-3-10-18-30)31-19-11-4-12-20-31;2-1(3,4)5/h1-25H,(H-,36,37,38,39);(H,2,3,4,5). The summed E-state index contributed by atoms with van der Waals surface area (Å²) in [6, 6.07) is 46.2. The summed E-state index contributed by atoms with van der Waals surface area (Å²) in [6.45, 7) is 0. The Morgan fingerprint density at radius 3 is 1.38 bits per heavy atom. The van der Waals surface area contributed by atoms with E-state index in [9.17, 15) is 9.59 Å². The second kappa shape index (κ2) is 15.6. The topological polar surface area (TPSA) is 150 Å². The molecule has 0 saturated heterocycles. The normalized spacial score (nSPS) is 11.5. The molecule has 5 aromatic carbocycles. The summed E-state index contributed by atoms with van der Waals surface area (Å²) in [7, 11) is -7.53. The molecule has 0 unspecified atom stereocenters. The Morgan fingerprint density at radius 2 is 0.978 bits per heavy atom. The third-order valence-corrected chi connectivity index (χ3v) is 10.7. The fourth-order valence-corrected chi connectivity index (χ4v) is 8.48. The van der Waals surface area contributed by atoms with Crippen LogP contribution < -0.4 is 45.2 Å². The second-order valence-corrected chi connectivity index (χ2v) is 13.9. The number of carbonyl (C=O) groups is 2. The third-order valence-electron chi connectivity index (χ3n) is 6.44. The molecule has 2 amide bonds. The monoisotopic (exact) mass is 660 g/mol. The maximum Gasteiger partial charge on any atom is 0.275 e. The first-order valence-corrected chi connectivity index (χ1v) is 16.9. The second-order valence-electron chi connectivity index (χ2n) is 9.43. The van der Waals surface area contributed by atoms with Gasteiger partial charge in [-0.3, -0.25) is 9.59 Å². The highest BCUT2D eigenvalue weighted by molar-refractivity contribution is 7.98. The van der Waals surface area contributed by atoms with Crippen LogP contribution in [-0.4, -0.2) is 11.8 Å². The number of carbonyl (C=O) groups excluding carboxylic acids is 2. The van der Waals surface area contributed by atoms with E-state index in [0.29, 0.717) is 16.3 Å². The van der Waals surface area contributed by atoms with E-state index >= 15 is 0 Å². The van der Waals surface area contributed by atoms with Crippen LogP contribution in [0.15, 0.2) is 157 Å². The predicted octanol–water partition coefficient (Wildman–Crippen LogP) is 1.79. The lowest BCUT2D eigenvalue weighted by molar-refractivity contribution is -2.00. The fraction of sp³-hybridized carbons (Fsp3) is 0. The lowest BCUT2D eigenvalue weighted by atomic mass is 10.2. The van der Waals surface area contributed by atoms with Crippen molar-refractivity contribution in [3.05, 3.63) is 168 Å². The van der Waals surface area contributed by atoms with E-state index in [2.05, 4.69) is 47.0 Å². The number of hydrogen-bond acceptors (Lipinski definition) is 6. The first-order valence-electron chi connectivity index (χ1n) is 13.4. The minimum atomic E-state index is -4.94. The SMILES string of the molecule is O=C(Nc1ccc(Cl)cc1)C(=C[P+](c1ccccc1)(c1ccccc1)c1ccccc1)NC(=O)c1ccccc1.[O-][Cl+3]([O-])([O-])[O-]. The number of nitrogens with one attached hydrogen (secondary N) is 2. The van der Waals surface area contributed by atoms with Crippen molar-refractivity contribution in [1.82, 2.24) is 5.32 Å². The Kier molecular flexibility index (Phi) is 11.6. The van der Waals surface area contributed by atoms with Crippen LogP contribution in [-0.2, 0) is 4.79 Å². The summed E-state index contributed by atoms with van der Waals surface area (Å²) in [4.78, 5) is 27.3. The minimum Gasteiger partial charge on any atom is -0.321 e. The van der Waals surface area contributed by atoms with Crippen molar-refractivity contribution in [3.8, 4) is 0 Å². The van der Waals surface area contributed by atoms with Crippen molar-refractivity contribution >= 4 is 52.3 Å². The first-order chi connectivity index (χ1) is 21.6. The van der Waals surface area contributed by atoms with Crippen LogP contribution in [0, 0.1) is 10.2 Å². The zero-order valence-electron chi connectivity index (χ0n) is 23.6.